The molecule has 1 atom stereocenters. The van der Waals surface area contributed by atoms with Crippen molar-refractivity contribution in [2.45, 2.75) is 38.3 Å². The van der Waals surface area contributed by atoms with Crippen LogP contribution in [-0.2, 0) is 19.4 Å². The van der Waals surface area contributed by atoms with Crippen LogP contribution in [0.4, 0.5) is 0 Å². The van der Waals surface area contributed by atoms with Crippen molar-refractivity contribution in [3.05, 3.63) is 112 Å². The SMILES string of the molecule is O=C(c1ccccc1)N1Cc2c(sc3c2CCCC3)-n2cccc2C1c1ccccc1. The topological polar surface area (TPSA) is 25.2 Å². The molecule has 4 aromatic rings. The number of nitrogens with zero attached hydrogens (tertiary/aromatic N) is 2. The molecule has 1 aliphatic carbocycles. The first-order valence-electron chi connectivity index (χ1n) is 11.0. The lowest BCUT2D eigenvalue weighted by atomic mass is 9.94. The van der Waals surface area contributed by atoms with Crippen LogP contribution in [0.2, 0.25) is 0 Å². The number of benzene rings is 2. The van der Waals surface area contributed by atoms with Gasteiger partial charge in [-0.15, -0.1) is 11.3 Å². The van der Waals surface area contributed by atoms with Gasteiger partial charge in [0.1, 0.15) is 5.00 Å². The van der Waals surface area contributed by atoms with Crippen LogP contribution in [-0.4, -0.2) is 15.4 Å². The van der Waals surface area contributed by atoms with Crippen LogP contribution in [0, 0.1) is 0 Å². The number of hydrogen-bond acceptors (Lipinski definition) is 2. The summed E-state index contributed by atoms with van der Waals surface area (Å²) in [6.45, 7) is 0.649. The van der Waals surface area contributed by atoms with Gasteiger partial charge in [0.05, 0.1) is 18.3 Å². The Balaban J connectivity index is 1.58. The first-order valence-corrected chi connectivity index (χ1v) is 11.8. The lowest BCUT2D eigenvalue weighted by Gasteiger charge is -2.31. The average Bonchev–Trinajstić information content (AvgIpc) is 3.42. The average molecular weight is 425 g/mol. The minimum absolute atomic E-state index is 0.0887. The lowest BCUT2D eigenvalue weighted by molar-refractivity contribution is 0.0690. The fraction of sp³-hybridized carbons (Fsp3) is 0.222. The molecule has 1 amide bonds. The predicted octanol–water partition coefficient (Wildman–Crippen LogP) is 6.16. The van der Waals surface area contributed by atoms with Crippen molar-refractivity contribution in [2.75, 3.05) is 0 Å². The fourth-order valence-corrected chi connectivity index (χ4v) is 6.52. The van der Waals surface area contributed by atoms with Gasteiger partial charge in [0.2, 0.25) is 0 Å². The van der Waals surface area contributed by atoms with Gasteiger partial charge in [-0.25, -0.2) is 0 Å². The van der Waals surface area contributed by atoms with Gasteiger partial charge in [0.25, 0.3) is 5.91 Å². The van der Waals surface area contributed by atoms with Crippen molar-refractivity contribution >= 4 is 17.2 Å². The van der Waals surface area contributed by atoms with E-state index in [9.17, 15) is 4.79 Å². The number of hydrogen-bond donors (Lipinski definition) is 0. The van der Waals surface area contributed by atoms with Crippen molar-refractivity contribution in [3.63, 3.8) is 0 Å². The van der Waals surface area contributed by atoms with E-state index in [2.05, 4.69) is 52.1 Å². The Hall–Kier alpha value is -3.11. The molecule has 0 spiro atoms. The third-order valence-corrected chi connectivity index (χ3v) is 7.91. The largest absolute Gasteiger partial charge is 0.322 e. The van der Waals surface area contributed by atoms with E-state index < -0.39 is 0 Å². The Morgan fingerprint density at radius 1 is 0.839 bits per heavy atom. The molecule has 0 saturated carbocycles. The van der Waals surface area contributed by atoms with Gasteiger partial charge >= 0.3 is 0 Å². The highest BCUT2D eigenvalue weighted by atomic mass is 32.1. The molecular weight excluding hydrogens is 400 g/mol. The quantitative estimate of drug-likeness (QED) is 0.378. The maximum atomic E-state index is 13.9. The highest BCUT2D eigenvalue weighted by molar-refractivity contribution is 7.15. The van der Waals surface area contributed by atoms with E-state index in [-0.39, 0.29) is 11.9 Å². The molecule has 2 aliphatic rings. The molecule has 0 radical (unpaired) electrons. The molecule has 0 bridgehead atoms. The molecule has 0 N–H and O–H groups in total. The summed E-state index contributed by atoms with van der Waals surface area (Å²) in [7, 11) is 0. The zero-order chi connectivity index (χ0) is 20.8. The molecule has 3 heterocycles. The lowest BCUT2D eigenvalue weighted by Crippen LogP contribution is -2.35. The molecule has 6 rings (SSSR count). The summed E-state index contributed by atoms with van der Waals surface area (Å²) in [6, 6.07) is 24.3. The minimum atomic E-state index is -0.122. The molecule has 154 valence electrons. The Labute approximate surface area is 186 Å². The monoisotopic (exact) mass is 424 g/mol. The maximum absolute atomic E-state index is 13.9. The molecule has 0 fully saturated rings. The Morgan fingerprint density at radius 3 is 2.39 bits per heavy atom. The van der Waals surface area contributed by atoms with Crippen molar-refractivity contribution in [2.24, 2.45) is 0 Å². The summed E-state index contributed by atoms with van der Waals surface area (Å²) >= 11 is 1.93. The van der Waals surface area contributed by atoms with Crippen LogP contribution in [0.25, 0.3) is 5.00 Å². The minimum Gasteiger partial charge on any atom is -0.322 e. The first-order chi connectivity index (χ1) is 15.3. The van der Waals surface area contributed by atoms with Crippen LogP contribution < -0.4 is 0 Å². The predicted molar refractivity (Wildman–Crippen MR) is 125 cm³/mol. The van der Waals surface area contributed by atoms with Crippen LogP contribution in [0.5, 0.6) is 0 Å². The summed E-state index contributed by atoms with van der Waals surface area (Å²) < 4.78 is 2.34. The van der Waals surface area contributed by atoms with Crippen LogP contribution in [0.3, 0.4) is 0 Å². The van der Waals surface area contributed by atoms with Gasteiger partial charge in [-0.3, -0.25) is 4.79 Å². The molecule has 0 saturated heterocycles. The van der Waals surface area contributed by atoms with E-state index >= 15 is 0 Å². The van der Waals surface area contributed by atoms with E-state index in [4.69, 9.17) is 0 Å². The second kappa shape index (κ2) is 7.54. The van der Waals surface area contributed by atoms with Gasteiger partial charge in [0.15, 0.2) is 0 Å². The fourth-order valence-electron chi connectivity index (χ4n) is 5.12. The molecule has 1 unspecified atom stereocenters. The number of carbonyl (C=O) groups excluding carboxylic acids is 1. The Morgan fingerprint density at radius 2 is 1.58 bits per heavy atom. The maximum Gasteiger partial charge on any atom is 0.254 e. The third kappa shape index (κ3) is 3.05. The van der Waals surface area contributed by atoms with Gasteiger partial charge < -0.3 is 9.47 Å². The molecule has 1 aliphatic heterocycles. The summed E-state index contributed by atoms with van der Waals surface area (Å²) in [6.07, 6.45) is 6.97. The van der Waals surface area contributed by atoms with Gasteiger partial charge in [-0.2, -0.15) is 0 Å². The molecule has 4 heteroatoms. The third-order valence-electron chi connectivity index (χ3n) is 6.58. The molecule has 3 nitrogen and oxygen atoms in total. The second-order valence-corrected chi connectivity index (χ2v) is 9.49. The van der Waals surface area contributed by atoms with Crippen LogP contribution in [0.15, 0.2) is 79.0 Å². The zero-order valence-corrected chi connectivity index (χ0v) is 18.1. The summed E-state index contributed by atoms with van der Waals surface area (Å²) in [5.74, 6) is 0.0887. The molecule has 2 aromatic heterocycles. The van der Waals surface area contributed by atoms with Crippen molar-refractivity contribution in [3.8, 4) is 5.00 Å². The smallest absolute Gasteiger partial charge is 0.254 e. The van der Waals surface area contributed by atoms with Crippen molar-refractivity contribution < 1.29 is 4.79 Å². The Bertz CT molecular complexity index is 1240. The normalized spacial score (nSPS) is 17.4. The number of rotatable bonds is 2. The molecular formula is C27H24N2OS. The number of amides is 1. The highest BCUT2D eigenvalue weighted by Gasteiger charge is 2.36. The van der Waals surface area contributed by atoms with Gasteiger partial charge in [-0.05, 0) is 61.1 Å². The number of aromatic nitrogens is 1. The van der Waals surface area contributed by atoms with E-state index in [0.29, 0.717) is 6.54 Å². The summed E-state index contributed by atoms with van der Waals surface area (Å²) in [5.41, 5.74) is 5.89. The number of thiophene rings is 1. The number of aryl methyl sites for hydroxylation is 1. The van der Waals surface area contributed by atoms with E-state index in [1.807, 2.05) is 47.7 Å². The zero-order valence-electron chi connectivity index (χ0n) is 17.3. The molecule has 31 heavy (non-hydrogen) atoms. The first kappa shape index (κ1) is 18.6. The summed E-state index contributed by atoms with van der Waals surface area (Å²) in [4.78, 5) is 17.5. The Kier molecular flexibility index (Phi) is 4.53. The van der Waals surface area contributed by atoms with Crippen LogP contribution in [0.1, 0.15) is 56.5 Å². The second-order valence-electron chi connectivity index (χ2n) is 8.41. The van der Waals surface area contributed by atoms with E-state index in [1.54, 1.807) is 0 Å². The standard InChI is InChI=1S/C27H24N2OS/c30-26(20-12-5-2-6-13-20)29-18-22-21-14-7-8-16-24(21)31-27(22)28-17-9-15-23(28)25(29)19-10-3-1-4-11-19/h1-6,9-13,15,17,25H,7-8,14,16,18H2. The van der Waals surface area contributed by atoms with Crippen LogP contribution >= 0.6 is 11.3 Å². The summed E-state index contributed by atoms with van der Waals surface area (Å²) in [5, 5.41) is 1.30. The number of carbonyl (C=O) groups is 1. The number of fused-ring (bicyclic) bond motifs is 5. The van der Waals surface area contributed by atoms with E-state index in [0.717, 1.165) is 23.2 Å². The van der Waals surface area contributed by atoms with Gasteiger partial charge in [0, 0.05) is 22.2 Å². The molecule has 2 aromatic carbocycles. The highest BCUT2D eigenvalue weighted by Crippen LogP contribution is 2.44. The van der Waals surface area contributed by atoms with E-state index in [1.165, 1.54) is 40.3 Å². The van der Waals surface area contributed by atoms with Gasteiger partial charge in [-0.1, -0.05) is 48.5 Å². The van der Waals surface area contributed by atoms with Crippen molar-refractivity contribution in [1.82, 2.24) is 9.47 Å². The van der Waals surface area contributed by atoms with Crippen molar-refractivity contribution in [1.29, 1.82) is 0 Å².